The minimum absolute atomic E-state index is 0.218. The fourth-order valence-corrected chi connectivity index (χ4v) is 16.8. The van der Waals surface area contributed by atoms with Crippen LogP contribution >= 0.6 is 0 Å². The Morgan fingerprint density at radius 3 is 1.63 bits per heavy atom. The van der Waals surface area contributed by atoms with Crippen molar-refractivity contribution < 1.29 is 0 Å². The van der Waals surface area contributed by atoms with Gasteiger partial charge in [0.05, 0.1) is 0 Å². The first-order valence-electron chi connectivity index (χ1n) is 13.1. The van der Waals surface area contributed by atoms with Crippen LogP contribution in [0.1, 0.15) is 25.3 Å². The van der Waals surface area contributed by atoms with Crippen LogP contribution in [0, 0.1) is 0 Å². The first-order valence-corrected chi connectivity index (χ1v) is 17.3. The number of para-hydroxylation sites is 1. The second-order valence-electron chi connectivity index (χ2n) is 9.74. The quantitative estimate of drug-likeness (QED) is 0.323. The third-order valence-electron chi connectivity index (χ3n) is 7.60. The second kappa shape index (κ2) is 10.3. The number of benzene rings is 4. The van der Waals surface area contributed by atoms with Crippen LogP contribution < -0.4 is 24.6 Å². The Morgan fingerprint density at radius 2 is 1.13 bits per heavy atom. The van der Waals surface area contributed by atoms with E-state index in [2.05, 4.69) is 102 Å². The van der Waals surface area contributed by atoms with Gasteiger partial charge in [-0.05, 0) is 0 Å². The van der Waals surface area contributed by atoms with E-state index in [-0.39, 0.29) is 11.7 Å². The summed E-state index contributed by atoms with van der Waals surface area (Å²) in [6, 6.07) is 41.5. The molecule has 0 fully saturated rings. The predicted octanol–water partition coefficient (Wildman–Crippen LogP) is 3.69. The SMILES string of the molecule is O=c1[nH]n(C2C=[C]([Ge]([c]3ccccc3)([c]3ccccc3)[c]3ccccc3)CCC2)c(=O)n1-c1ccccc1. The van der Waals surface area contributed by atoms with Crippen molar-refractivity contribution in [1.29, 1.82) is 0 Å². The minimum atomic E-state index is -3.38. The summed E-state index contributed by atoms with van der Waals surface area (Å²) in [4.78, 5) is 26.5. The molecule has 5 nitrogen and oxygen atoms in total. The fourth-order valence-electron chi connectivity index (χ4n) is 5.96. The van der Waals surface area contributed by atoms with Gasteiger partial charge in [0.1, 0.15) is 0 Å². The van der Waals surface area contributed by atoms with Crippen molar-refractivity contribution in [3.8, 4) is 5.69 Å². The maximum atomic E-state index is 13.5. The molecule has 5 aromatic rings. The zero-order valence-corrected chi connectivity index (χ0v) is 23.1. The Hall–Kier alpha value is -4.10. The van der Waals surface area contributed by atoms with Gasteiger partial charge in [0.2, 0.25) is 0 Å². The molecule has 0 amide bonds. The number of H-pyrrole nitrogens is 1. The molecule has 0 saturated carbocycles. The molecule has 1 N–H and O–H groups in total. The van der Waals surface area contributed by atoms with Crippen molar-refractivity contribution in [2.45, 2.75) is 25.3 Å². The van der Waals surface area contributed by atoms with E-state index in [1.807, 2.05) is 18.2 Å². The van der Waals surface area contributed by atoms with Gasteiger partial charge in [-0.25, -0.2) is 0 Å². The number of aromatic amines is 1. The molecule has 1 unspecified atom stereocenters. The van der Waals surface area contributed by atoms with E-state index in [1.54, 1.807) is 12.1 Å². The Bertz CT molecular complexity index is 1570. The molecule has 0 saturated heterocycles. The third-order valence-corrected chi connectivity index (χ3v) is 18.0. The van der Waals surface area contributed by atoms with Crippen molar-refractivity contribution in [2.24, 2.45) is 0 Å². The molecule has 38 heavy (non-hydrogen) atoms. The van der Waals surface area contributed by atoms with Gasteiger partial charge in [0.25, 0.3) is 0 Å². The third kappa shape index (κ3) is 4.13. The molecule has 0 aliphatic heterocycles. The van der Waals surface area contributed by atoms with E-state index in [1.165, 1.54) is 26.8 Å². The summed E-state index contributed by atoms with van der Waals surface area (Å²) >= 11 is -3.38. The average molecular weight is 560 g/mol. The first-order chi connectivity index (χ1) is 18.7. The first kappa shape index (κ1) is 24.3. The van der Waals surface area contributed by atoms with E-state index in [0.717, 1.165) is 19.3 Å². The molecule has 4 aromatic carbocycles. The standard InChI is InChI=1S/C32H29GeN3O2/c37-31-34-36(32(38)35(31)29-21-11-4-12-22-29)30-23-13-20-28(24-30)33(25-14-5-1-6-15-25,26-16-7-2-8-17-26)27-18-9-3-10-19-27/h1-12,14-19,21-22,24,30H,13,20,23H2,(H,34,37). The van der Waals surface area contributed by atoms with Gasteiger partial charge >= 0.3 is 225 Å². The Kier molecular flexibility index (Phi) is 6.60. The number of nitrogens with one attached hydrogen (secondary N) is 1. The summed E-state index contributed by atoms with van der Waals surface area (Å²) in [7, 11) is 0. The molecular weight excluding hydrogens is 531 g/mol. The van der Waals surface area contributed by atoms with E-state index in [4.69, 9.17) is 0 Å². The molecule has 6 heteroatoms. The normalized spacial score (nSPS) is 15.7. The summed E-state index contributed by atoms with van der Waals surface area (Å²) in [6.45, 7) is 0. The van der Waals surface area contributed by atoms with Crippen LogP contribution in [-0.4, -0.2) is 27.6 Å². The molecule has 1 atom stereocenters. The van der Waals surface area contributed by atoms with Crippen LogP contribution in [0.3, 0.4) is 0 Å². The summed E-state index contributed by atoms with van der Waals surface area (Å²) in [6.07, 6.45) is 5.01. The van der Waals surface area contributed by atoms with Crippen molar-refractivity contribution in [3.05, 3.63) is 153 Å². The number of aromatic nitrogens is 3. The summed E-state index contributed by atoms with van der Waals surface area (Å²) < 4.78 is 8.24. The molecule has 6 rings (SSSR count). The molecule has 1 aliphatic rings. The molecule has 1 aliphatic carbocycles. The zero-order chi connectivity index (χ0) is 26.0. The van der Waals surface area contributed by atoms with Gasteiger partial charge in [-0.15, -0.1) is 0 Å². The van der Waals surface area contributed by atoms with E-state index >= 15 is 0 Å². The van der Waals surface area contributed by atoms with Crippen LogP contribution in [0.5, 0.6) is 0 Å². The molecule has 0 radical (unpaired) electrons. The number of hydrogen-bond donors (Lipinski definition) is 1. The summed E-state index contributed by atoms with van der Waals surface area (Å²) in [5.74, 6) is 0. The molecule has 0 bridgehead atoms. The van der Waals surface area contributed by atoms with Crippen molar-refractivity contribution >= 4 is 26.5 Å². The summed E-state index contributed by atoms with van der Waals surface area (Å²) in [5.41, 5.74) is -0.174. The zero-order valence-electron chi connectivity index (χ0n) is 21.0. The van der Waals surface area contributed by atoms with Crippen molar-refractivity contribution in [1.82, 2.24) is 14.3 Å². The second-order valence-corrected chi connectivity index (χ2v) is 17.9. The molecule has 0 spiro atoms. The van der Waals surface area contributed by atoms with Crippen LogP contribution in [0.15, 0.2) is 141 Å². The van der Waals surface area contributed by atoms with Crippen LogP contribution in [-0.2, 0) is 0 Å². The van der Waals surface area contributed by atoms with E-state index < -0.39 is 19.0 Å². The van der Waals surface area contributed by atoms with Gasteiger partial charge < -0.3 is 0 Å². The Balaban J connectivity index is 1.58. The number of rotatable bonds is 6. The van der Waals surface area contributed by atoms with Gasteiger partial charge in [-0.1, -0.05) is 0 Å². The Labute approximate surface area is 224 Å². The number of hydrogen-bond acceptors (Lipinski definition) is 2. The van der Waals surface area contributed by atoms with Crippen LogP contribution in [0.2, 0.25) is 0 Å². The average Bonchev–Trinajstić information content (AvgIpc) is 3.29. The van der Waals surface area contributed by atoms with Crippen LogP contribution in [0.4, 0.5) is 0 Å². The molecule has 1 aromatic heterocycles. The van der Waals surface area contributed by atoms with Crippen molar-refractivity contribution in [2.75, 3.05) is 0 Å². The van der Waals surface area contributed by atoms with Crippen molar-refractivity contribution in [3.63, 3.8) is 0 Å². The summed E-state index contributed by atoms with van der Waals surface area (Å²) in [5, 5.41) is 2.86. The van der Waals surface area contributed by atoms with Gasteiger partial charge in [-0.2, -0.15) is 0 Å². The number of nitrogens with zero attached hydrogens (tertiary/aromatic N) is 2. The topological polar surface area (TPSA) is 59.8 Å². The number of allylic oxidation sites excluding steroid dienone is 2. The van der Waals surface area contributed by atoms with Gasteiger partial charge in [0, 0.05) is 0 Å². The Morgan fingerprint density at radius 1 is 0.658 bits per heavy atom. The predicted molar refractivity (Wildman–Crippen MR) is 156 cm³/mol. The monoisotopic (exact) mass is 561 g/mol. The maximum absolute atomic E-state index is 13.5. The van der Waals surface area contributed by atoms with E-state index in [9.17, 15) is 9.59 Å². The van der Waals surface area contributed by atoms with Gasteiger partial charge in [-0.3, -0.25) is 0 Å². The van der Waals surface area contributed by atoms with E-state index in [0.29, 0.717) is 5.69 Å². The molecule has 1 heterocycles. The fraction of sp³-hybridized carbons (Fsp3) is 0.125. The van der Waals surface area contributed by atoms with Crippen LogP contribution in [0.25, 0.3) is 5.69 Å². The molecular formula is C32H29GeN3O2. The van der Waals surface area contributed by atoms with Gasteiger partial charge in [0.15, 0.2) is 0 Å². The molecule has 188 valence electrons.